The molecule has 0 aliphatic carbocycles. The molecule has 0 saturated heterocycles. The highest BCUT2D eigenvalue weighted by molar-refractivity contribution is 6.31. The third kappa shape index (κ3) is 2.72. The molecule has 0 bridgehead atoms. The van der Waals surface area contributed by atoms with Crippen molar-refractivity contribution in [2.24, 2.45) is 0 Å². The Morgan fingerprint density at radius 3 is 1.32 bits per heavy atom. The molecule has 2 amide bonds. The van der Waals surface area contributed by atoms with Crippen LogP contribution >= 0.6 is 0 Å². The summed E-state index contributed by atoms with van der Waals surface area (Å²) in [6, 6.07) is 28.4. The molecule has 0 radical (unpaired) electrons. The van der Waals surface area contributed by atoms with Crippen LogP contribution in [0.4, 0.5) is 0 Å². The standard InChI is InChI=1S/C30H24N2O2/c1-3-31-27(23-17-9-13-19-11-5-7-15-21(19)23)25-26(29(31)33)28(32(4-2)30(25)34)24-18-10-14-20-12-6-8-16-22(20)24/h5-18H,3-4H2,1-2H3. The predicted molar refractivity (Wildman–Crippen MR) is 137 cm³/mol. The lowest BCUT2D eigenvalue weighted by atomic mass is 9.96. The highest BCUT2D eigenvalue weighted by atomic mass is 16.2. The fourth-order valence-electron chi connectivity index (χ4n) is 5.42. The normalized spacial score (nSPS) is 15.9. The molecule has 0 saturated carbocycles. The highest BCUT2D eigenvalue weighted by Crippen LogP contribution is 2.48. The molecule has 0 fully saturated rings. The van der Waals surface area contributed by atoms with E-state index in [1.54, 1.807) is 9.80 Å². The monoisotopic (exact) mass is 444 g/mol. The maximum absolute atomic E-state index is 13.9. The summed E-state index contributed by atoms with van der Waals surface area (Å²) in [5.74, 6) is -0.208. The van der Waals surface area contributed by atoms with E-state index in [2.05, 4.69) is 36.4 Å². The molecule has 4 heteroatoms. The Bertz CT molecular complexity index is 1450. The van der Waals surface area contributed by atoms with Crippen LogP contribution in [0.25, 0.3) is 32.9 Å². The smallest absolute Gasteiger partial charge is 0.261 e. The molecule has 2 aliphatic heterocycles. The molecule has 0 unspecified atom stereocenters. The minimum absolute atomic E-state index is 0.104. The quantitative estimate of drug-likeness (QED) is 0.397. The number of carbonyl (C=O) groups is 2. The van der Waals surface area contributed by atoms with E-state index in [1.807, 2.05) is 62.4 Å². The summed E-state index contributed by atoms with van der Waals surface area (Å²) in [6.45, 7) is 4.91. The number of rotatable bonds is 4. The van der Waals surface area contributed by atoms with E-state index in [4.69, 9.17) is 0 Å². The van der Waals surface area contributed by atoms with Crippen molar-refractivity contribution in [2.75, 3.05) is 13.1 Å². The Hall–Kier alpha value is -4.18. The fourth-order valence-corrected chi connectivity index (χ4v) is 5.42. The van der Waals surface area contributed by atoms with Gasteiger partial charge in [0.2, 0.25) is 0 Å². The van der Waals surface area contributed by atoms with Gasteiger partial charge in [0.05, 0.1) is 22.5 Å². The van der Waals surface area contributed by atoms with Crippen LogP contribution in [0.2, 0.25) is 0 Å². The average molecular weight is 445 g/mol. The van der Waals surface area contributed by atoms with Gasteiger partial charge in [0.1, 0.15) is 0 Å². The largest absolute Gasteiger partial charge is 0.307 e. The molecular formula is C30H24N2O2. The molecule has 4 aromatic rings. The van der Waals surface area contributed by atoms with E-state index in [0.717, 1.165) is 44.1 Å². The van der Waals surface area contributed by atoms with Crippen molar-refractivity contribution in [3.05, 3.63) is 107 Å². The van der Waals surface area contributed by atoms with Crippen molar-refractivity contribution in [2.45, 2.75) is 13.8 Å². The Morgan fingerprint density at radius 1 is 0.529 bits per heavy atom. The average Bonchev–Trinajstić information content (AvgIpc) is 3.33. The number of likely N-dealkylation sites (N-methyl/N-ethyl adjacent to an activating group) is 2. The van der Waals surface area contributed by atoms with Crippen LogP contribution in [0.5, 0.6) is 0 Å². The van der Waals surface area contributed by atoms with Gasteiger partial charge in [-0.15, -0.1) is 0 Å². The van der Waals surface area contributed by atoms with Crippen LogP contribution in [0.1, 0.15) is 25.0 Å². The lowest BCUT2D eigenvalue weighted by Gasteiger charge is -2.24. The highest BCUT2D eigenvalue weighted by Gasteiger charge is 2.48. The first-order valence-corrected chi connectivity index (χ1v) is 11.7. The van der Waals surface area contributed by atoms with Gasteiger partial charge in [0, 0.05) is 24.2 Å². The molecule has 4 aromatic carbocycles. The van der Waals surface area contributed by atoms with Gasteiger partial charge in [-0.1, -0.05) is 84.9 Å². The molecule has 2 heterocycles. The maximum atomic E-state index is 13.9. The summed E-state index contributed by atoms with van der Waals surface area (Å²) in [5.41, 5.74) is 4.32. The molecule has 0 spiro atoms. The van der Waals surface area contributed by atoms with Crippen LogP contribution in [0, 0.1) is 0 Å². The van der Waals surface area contributed by atoms with Crippen LogP contribution in [0.3, 0.4) is 0 Å². The van der Waals surface area contributed by atoms with Crippen LogP contribution in [-0.4, -0.2) is 34.7 Å². The first kappa shape index (κ1) is 20.4. The summed E-state index contributed by atoms with van der Waals surface area (Å²) in [5, 5.41) is 4.24. The van der Waals surface area contributed by atoms with Gasteiger partial charge in [0.25, 0.3) is 11.8 Å². The van der Waals surface area contributed by atoms with Gasteiger partial charge in [0.15, 0.2) is 0 Å². The summed E-state index contributed by atoms with van der Waals surface area (Å²) < 4.78 is 0. The van der Waals surface area contributed by atoms with Gasteiger partial charge < -0.3 is 9.80 Å². The first-order chi connectivity index (χ1) is 16.7. The molecular weight excluding hydrogens is 420 g/mol. The van der Waals surface area contributed by atoms with Crippen molar-refractivity contribution in [3.63, 3.8) is 0 Å². The lowest BCUT2D eigenvalue weighted by molar-refractivity contribution is -0.124. The van der Waals surface area contributed by atoms with Crippen molar-refractivity contribution in [1.82, 2.24) is 9.80 Å². The second kappa shape index (κ2) is 7.70. The second-order valence-electron chi connectivity index (χ2n) is 8.60. The third-order valence-electron chi connectivity index (χ3n) is 6.90. The number of benzene rings is 4. The van der Waals surface area contributed by atoms with E-state index >= 15 is 0 Å². The van der Waals surface area contributed by atoms with E-state index < -0.39 is 0 Å². The molecule has 6 rings (SSSR count). The van der Waals surface area contributed by atoms with Crippen LogP contribution < -0.4 is 0 Å². The molecule has 4 nitrogen and oxygen atoms in total. The molecule has 0 atom stereocenters. The minimum Gasteiger partial charge on any atom is -0.307 e. The van der Waals surface area contributed by atoms with Crippen molar-refractivity contribution >= 4 is 44.8 Å². The summed E-state index contributed by atoms with van der Waals surface area (Å²) in [7, 11) is 0. The molecule has 2 aliphatic rings. The first-order valence-electron chi connectivity index (χ1n) is 11.7. The number of amides is 2. The van der Waals surface area contributed by atoms with E-state index in [0.29, 0.717) is 24.2 Å². The summed E-state index contributed by atoms with van der Waals surface area (Å²) >= 11 is 0. The van der Waals surface area contributed by atoms with E-state index in [-0.39, 0.29) is 11.8 Å². The Kier molecular flexibility index (Phi) is 4.63. The van der Waals surface area contributed by atoms with Gasteiger partial charge in [-0.05, 0) is 35.4 Å². The fraction of sp³-hybridized carbons (Fsp3) is 0.133. The number of hydrogen-bond acceptors (Lipinski definition) is 2. The number of carbonyl (C=O) groups excluding carboxylic acids is 2. The van der Waals surface area contributed by atoms with Crippen molar-refractivity contribution in [1.29, 1.82) is 0 Å². The topological polar surface area (TPSA) is 40.6 Å². The SMILES string of the molecule is CCN1C(=O)C2=C(c3cccc4ccccc34)N(CC)C(=O)C2=C1c1cccc2ccccc12. The Labute approximate surface area is 198 Å². The third-order valence-corrected chi connectivity index (χ3v) is 6.90. The van der Waals surface area contributed by atoms with E-state index in [9.17, 15) is 9.59 Å². The molecule has 0 N–H and O–H groups in total. The predicted octanol–water partition coefficient (Wildman–Crippen LogP) is 5.84. The Morgan fingerprint density at radius 2 is 0.912 bits per heavy atom. The zero-order chi connectivity index (χ0) is 23.4. The number of nitrogens with zero attached hydrogens (tertiary/aromatic N) is 2. The maximum Gasteiger partial charge on any atom is 0.261 e. The van der Waals surface area contributed by atoms with Gasteiger partial charge in [-0.2, -0.15) is 0 Å². The summed E-state index contributed by atoms with van der Waals surface area (Å²) in [6.07, 6.45) is 0. The zero-order valence-electron chi connectivity index (χ0n) is 19.2. The minimum atomic E-state index is -0.104. The second-order valence-corrected chi connectivity index (χ2v) is 8.60. The molecule has 34 heavy (non-hydrogen) atoms. The Balaban J connectivity index is 1.71. The lowest BCUT2D eigenvalue weighted by Crippen LogP contribution is -2.29. The van der Waals surface area contributed by atoms with Crippen LogP contribution in [0.15, 0.2) is 96.1 Å². The van der Waals surface area contributed by atoms with Gasteiger partial charge in [-0.3, -0.25) is 9.59 Å². The van der Waals surface area contributed by atoms with Crippen molar-refractivity contribution < 1.29 is 9.59 Å². The van der Waals surface area contributed by atoms with Crippen LogP contribution in [-0.2, 0) is 9.59 Å². The van der Waals surface area contributed by atoms with E-state index in [1.165, 1.54) is 0 Å². The van der Waals surface area contributed by atoms with Gasteiger partial charge >= 0.3 is 0 Å². The van der Waals surface area contributed by atoms with Crippen molar-refractivity contribution in [3.8, 4) is 0 Å². The number of fused-ring (bicyclic) bond motifs is 3. The molecule has 166 valence electrons. The van der Waals surface area contributed by atoms with Gasteiger partial charge in [-0.25, -0.2) is 0 Å². The number of hydrogen-bond donors (Lipinski definition) is 0. The zero-order valence-corrected chi connectivity index (χ0v) is 19.2. The molecule has 0 aromatic heterocycles. The summed E-state index contributed by atoms with van der Waals surface area (Å²) in [4.78, 5) is 31.4.